The summed E-state index contributed by atoms with van der Waals surface area (Å²) < 4.78 is 7.12. The second-order valence-corrected chi connectivity index (χ2v) is 6.21. The quantitative estimate of drug-likeness (QED) is 0.913. The van der Waals surface area contributed by atoms with Crippen molar-refractivity contribution in [1.82, 2.24) is 14.7 Å². The molecule has 0 amide bonds. The lowest BCUT2D eigenvalue weighted by molar-refractivity contribution is 0.0689. The molecular weight excluding hydrogens is 306 g/mol. The first-order valence-corrected chi connectivity index (χ1v) is 8.25. The van der Waals surface area contributed by atoms with Crippen LogP contribution in [0.2, 0.25) is 0 Å². The zero-order valence-electron chi connectivity index (χ0n) is 14.2. The number of ether oxygens (including phenoxy) is 1. The van der Waals surface area contributed by atoms with E-state index in [2.05, 4.69) is 16.1 Å². The molecule has 1 saturated heterocycles. The molecule has 1 aliphatic rings. The number of aromatic carboxylic acids is 1. The molecule has 0 bridgehead atoms. The molecule has 6 nitrogen and oxygen atoms in total. The van der Waals surface area contributed by atoms with E-state index in [-0.39, 0.29) is 5.69 Å². The normalized spacial score (nSPS) is 15.4. The van der Waals surface area contributed by atoms with E-state index in [0.29, 0.717) is 0 Å². The summed E-state index contributed by atoms with van der Waals surface area (Å²) >= 11 is 0. The van der Waals surface area contributed by atoms with Crippen molar-refractivity contribution in [3.05, 3.63) is 35.5 Å². The van der Waals surface area contributed by atoms with Crippen molar-refractivity contribution in [2.75, 3.05) is 20.2 Å². The minimum absolute atomic E-state index is 0.0564. The summed E-state index contributed by atoms with van der Waals surface area (Å²) in [6, 6.07) is 7.58. The SMILES string of the molecule is COc1ccc(-c2cc(C(=O)O)nn2C)cc1CN1CCCCC1. The van der Waals surface area contributed by atoms with E-state index in [1.54, 1.807) is 24.9 Å². The summed E-state index contributed by atoms with van der Waals surface area (Å²) in [5, 5.41) is 13.2. The number of carboxylic acid groups (broad SMARTS) is 1. The molecule has 2 heterocycles. The zero-order valence-corrected chi connectivity index (χ0v) is 14.2. The lowest BCUT2D eigenvalue weighted by atomic mass is 10.0. The van der Waals surface area contributed by atoms with Crippen LogP contribution in [-0.4, -0.2) is 46.0 Å². The lowest BCUT2D eigenvalue weighted by Crippen LogP contribution is -2.29. The minimum atomic E-state index is -1.01. The first-order chi connectivity index (χ1) is 11.6. The molecule has 0 unspecified atom stereocenters. The summed E-state index contributed by atoms with van der Waals surface area (Å²) in [6.45, 7) is 3.07. The Morgan fingerprint density at radius 2 is 2.00 bits per heavy atom. The maximum absolute atomic E-state index is 11.1. The molecule has 2 aromatic rings. The van der Waals surface area contributed by atoms with Gasteiger partial charge in [-0.3, -0.25) is 9.58 Å². The fraction of sp³-hybridized carbons (Fsp3) is 0.444. The van der Waals surface area contributed by atoms with Gasteiger partial charge in [-0.15, -0.1) is 0 Å². The predicted octanol–water partition coefficient (Wildman–Crippen LogP) is 2.78. The first-order valence-electron chi connectivity index (χ1n) is 8.25. The molecule has 1 N–H and O–H groups in total. The van der Waals surface area contributed by atoms with E-state index >= 15 is 0 Å². The molecular formula is C18H23N3O3. The Bertz CT molecular complexity index is 733. The highest BCUT2D eigenvalue weighted by Crippen LogP contribution is 2.28. The van der Waals surface area contributed by atoms with Crippen molar-refractivity contribution in [1.29, 1.82) is 0 Å². The van der Waals surface area contributed by atoms with Crippen LogP contribution in [0.15, 0.2) is 24.3 Å². The highest BCUT2D eigenvalue weighted by atomic mass is 16.5. The van der Waals surface area contributed by atoms with Crippen LogP contribution in [0.4, 0.5) is 0 Å². The highest BCUT2D eigenvalue weighted by molar-refractivity contribution is 5.87. The number of methoxy groups -OCH3 is 1. The van der Waals surface area contributed by atoms with Gasteiger partial charge < -0.3 is 9.84 Å². The van der Waals surface area contributed by atoms with Crippen LogP contribution >= 0.6 is 0 Å². The molecule has 1 fully saturated rings. The fourth-order valence-corrected chi connectivity index (χ4v) is 3.26. The Morgan fingerprint density at radius 1 is 1.25 bits per heavy atom. The summed E-state index contributed by atoms with van der Waals surface area (Å²) in [4.78, 5) is 13.6. The Kier molecular flexibility index (Phi) is 4.85. The number of carbonyl (C=O) groups is 1. The van der Waals surface area contributed by atoms with Crippen LogP contribution in [-0.2, 0) is 13.6 Å². The third-order valence-electron chi connectivity index (χ3n) is 4.52. The molecule has 24 heavy (non-hydrogen) atoms. The molecule has 0 aliphatic carbocycles. The van der Waals surface area contributed by atoms with E-state index in [4.69, 9.17) is 9.84 Å². The van der Waals surface area contributed by atoms with Gasteiger partial charge in [0.25, 0.3) is 0 Å². The molecule has 0 atom stereocenters. The second-order valence-electron chi connectivity index (χ2n) is 6.21. The molecule has 0 radical (unpaired) electrons. The number of hydrogen-bond donors (Lipinski definition) is 1. The average Bonchev–Trinajstić information content (AvgIpc) is 2.98. The van der Waals surface area contributed by atoms with Gasteiger partial charge in [-0.25, -0.2) is 4.79 Å². The van der Waals surface area contributed by atoms with Gasteiger partial charge in [0.05, 0.1) is 12.8 Å². The Morgan fingerprint density at radius 3 is 2.62 bits per heavy atom. The zero-order chi connectivity index (χ0) is 17.1. The molecule has 128 valence electrons. The molecule has 1 aromatic carbocycles. The van der Waals surface area contributed by atoms with Gasteiger partial charge in [-0.2, -0.15) is 5.10 Å². The van der Waals surface area contributed by atoms with Gasteiger partial charge in [0.2, 0.25) is 0 Å². The molecule has 3 rings (SSSR count). The van der Waals surface area contributed by atoms with E-state index < -0.39 is 5.97 Å². The fourth-order valence-electron chi connectivity index (χ4n) is 3.26. The monoisotopic (exact) mass is 329 g/mol. The third kappa shape index (κ3) is 3.43. The van der Waals surface area contributed by atoms with Crippen LogP contribution in [0.1, 0.15) is 35.3 Å². The smallest absolute Gasteiger partial charge is 0.356 e. The van der Waals surface area contributed by atoms with Crippen LogP contribution in [0, 0.1) is 0 Å². The van der Waals surface area contributed by atoms with Crippen molar-refractivity contribution in [3.8, 4) is 17.0 Å². The number of aryl methyl sites for hydroxylation is 1. The Labute approximate surface area is 141 Å². The number of hydrogen-bond acceptors (Lipinski definition) is 4. The number of likely N-dealkylation sites (tertiary alicyclic amines) is 1. The Balaban J connectivity index is 1.92. The van der Waals surface area contributed by atoms with Crippen LogP contribution in [0.5, 0.6) is 5.75 Å². The number of carboxylic acids is 1. The van der Waals surface area contributed by atoms with Crippen molar-refractivity contribution < 1.29 is 14.6 Å². The Hall–Kier alpha value is -2.34. The molecule has 0 saturated carbocycles. The summed E-state index contributed by atoms with van der Waals surface area (Å²) in [7, 11) is 3.44. The molecule has 1 aliphatic heterocycles. The van der Waals surface area contributed by atoms with Crippen LogP contribution < -0.4 is 4.74 Å². The summed E-state index contributed by atoms with van der Waals surface area (Å²) in [5.74, 6) is -0.149. The lowest BCUT2D eigenvalue weighted by Gasteiger charge is -2.27. The first kappa shape index (κ1) is 16.5. The topological polar surface area (TPSA) is 67.6 Å². The highest BCUT2D eigenvalue weighted by Gasteiger charge is 2.16. The van der Waals surface area contributed by atoms with Gasteiger partial charge in [-0.05, 0) is 50.2 Å². The maximum Gasteiger partial charge on any atom is 0.356 e. The average molecular weight is 329 g/mol. The van der Waals surface area contributed by atoms with Gasteiger partial charge in [0.1, 0.15) is 5.75 Å². The number of benzene rings is 1. The minimum Gasteiger partial charge on any atom is -0.496 e. The van der Waals surface area contributed by atoms with Gasteiger partial charge in [0.15, 0.2) is 5.69 Å². The number of rotatable bonds is 5. The van der Waals surface area contributed by atoms with Crippen molar-refractivity contribution in [3.63, 3.8) is 0 Å². The molecule has 1 aromatic heterocycles. The molecule has 0 spiro atoms. The number of aromatic nitrogens is 2. The van der Waals surface area contributed by atoms with Gasteiger partial charge in [0, 0.05) is 24.7 Å². The number of piperidine rings is 1. The second kappa shape index (κ2) is 7.05. The predicted molar refractivity (Wildman–Crippen MR) is 91.3 cm³/mol. The van der Waals surface area contributed by atoms with E-state index in [1.165, 1.54) is 19.3 Å². The van der Waals surface area contributed by atoms with Crippen LogP contribution in [0.3, 0.4) is 0 Å². The summed E-state index contributed by atoms with van der Waals surface area (Å²) in [5.41, 5.74) is 2.91. The maximum atomic E-state index is 11.1. The van der Waals surface area contributed by atoms with Crippen molar-refractivity contribution in [2.45, 2.75) is 25.8 Å². The van der Waals surface area contributed by atoms with Crippen molar-refractivity contribution >= 4 is 5.97 Å². The van der Waals surface area contributed by atoms with E-state index in [0.717, 1.165) is 42.2 Å². The van der Waals surface area contributed by atoms with Gasteiger partial charge in [-0.1, -0.05) is 6.42 Å². The van der Waals surface area contributed by atoms with E-state index in [9.17, 15) is 4.79 Å². The summed E-state index contributed by atoms with van der Waals surface area (Å²) in [6.07, 6.45) is 3.79. The van der Waals surface area contributed by atoms with Crippen LogP contribution in [0.25, 0.3) is 11.3 Å². The number of nitrogens with zero attached hydrogens (tertiary/aromatic N) is 3. The van der Waals surface area contributed by atoms with E-state index in [1.807, 2.05) is 12.1 Å². The standard InChI is InChI=1S/C18H23N3O3/c1-20-16(11-15(19-20)18(22)23)13-6-7-17(24-2)14(10-13)12-21-8-4-3-5-9-21/h6-7,10-11H,3-5,8-9,12H2,1-2H3,(H,22,23). The largest absolute Gasteiger partial charge is 0.496 e. The van der Waals surface area contributed by atoms with Crippen molar-refractivity contribution in [2.24, 2.45) is 7.05 Å². The third-order valence-corrected chi connectivity index (χ3v) is 4.52. The van der Waals surface area contributed by atoms with Gasteiger partial charge >= 0.3 is 5.97 Å². The molecule has 6 heteroatoms.